The molecule has 2 N–H and O–H groups in total. The number of carbonyl (C=O) groups excluding carboxylic acids is 2. The van der Waals surface area contributed by atoms with E-state index >= 15 is 0 Å². The number of benzene rings is 1. The molecule has 1 aromatic heterocycles. The van der Waals surface area contributed by atoms with Gasteiger partial charge in [0.05, 0.1) is 12.0 Å². The second-order valence-corrected chi connectivity index (χ2v) is 6.57. The minimum atomic E-state index is -0.600. The molecule has 0 spiro atoms. The van der Waals surface area contributed by atoms with E-state index in [1.54, 1.807) is 18.5 Å². The van der Waals surface area contributed by atoms with Crippen molar-refractivity contribution >= 4 is 29.9 Å². The molecule has 6 nitrogen and oxygen atoms in total. The standard InChI is InChI=1S/C19H19FN4O2.ClH/c20-13-3-4-14-15(9-18(25)23-16(14)8-13)19(26)24-7-6-22-11-17(24)12-2-1-5-21-10-12;/h1-5,8,10,15,17,22H,6-7,9,11H2,(H,23,25);1H. The second kappa shape index (κ2) is 8.02. The van der Waals surface area contributed by atoms with Crippen molar-refractivity contribution in [1.82, 2.24) is 15.2 Å². The smallest absolute Gasteiger partial charge is 0.231 e. The third-order valence-electron chi connectivity index (χ3n) is 4.95. The highest BCUT2D eigenvalue weighted by molar-refractivity contribution is 6.01. The van der Waals surface area contributed by atoms with Crippen LogP contribution in [0, 0.1) is 5.82 Å². The number of rotatable bonds is 2. The average Bonchev–Trinajstić information content (AvgIpc) is 2.67. The number of piperazine rings is 1. The first kappa shape index (κ1) is 19.3. The molecule has 2 aliphatic heterocycles. The fraction of sp³-hybridized carbons (Fsp3) is 0.316. The molecule has 8 heteroatoms. The van der Waals surface area contributed by atoms with E-state index in [-0.39, 0.29) is 36.7 Å². The van der Waals surface area contributed by atoms with Gasteiger partial charge in [-0.3, -0.25) is 14.6 Å². The Morgan fingerprint density at radius 1 is 1.30 bits per heavy atom. The maximum Gasteiger partial charge on any atom is 0.231 e. The third-order valence-corrected chi connectivity index (χ3v) is 4.95. The lowest BCUT2D eigenvalue weighted by molar-refractivity contribution is -0.138. The summed E-state index contributed by atoms with van der Waals surface area (Å²) in [5, 5.41) is 5.97. The summed E-state index contributed by atoms with van der Waals surface area (Å²) in [6.45, 7) is 1.87. The van der Waals surface area contributed by atoms with Gasteiger partial charge in [-0.05, 0) is 29.3 Å². The van der Waals surface area contributed by atoms with Crippen molar-refractivity contribution in [1.29, 1.82) is 0 Å². The molecule has 2 aliphatic rings. The number of anilines is 1. The molecule has 2 atom stereocenters. The number of hydrogen-bond donors (Lipinski definition) is 2. The van der Waals surface area contributed by atoms with Crippen LogP contribution in [0.5, 0.6) is 0 Å². The number of hydrogen-bond acceptors (Lipinski definition) is 4. The van der Waals surface area contributed by atoms with Crippen molar-refractivity contribution in [3.05, 3.63) is 59.7 Å². The van der Waals surface area contributed by atoms with Gasteiger partial charge in [0.2, 0.25) is 11.8 Å². The van der Waals surface area contributed by atoms with E-state index in [2.05, 4.69) is 15.6 Å². The molecule has 2 aromatic rings. The van der Waals surface area contributed by atoms with Crippen LogP contribution in [-0.2, 0) is 9.59 Å². The Kier molecular flexibility index (Phi) is 5.72. The maximum absolute atomic E-state index is 13.5. The molecule has 2 amide bonds. The van der Waals surface area contributed by atoms with Gasteiger partial charge in [0, 0.05) is 44.1 Å². The zero-order valence-electron chi connectivity index (χ0n) is 14.5. The van der Waals surface area contributed by atoms with E-state index < -0.39 is 11.7 Å². The molecule has 142 valence electrons. The Morgan fingerprint density at radius 3 is 2.93 bits per heavy atom. The van der Waals surface area contributed by atoms with Crippen LogP contribution in [0.25, 0.3) is 0 Å². The number of pyridine rings is 1. The summed E-state index contributed by atoms with van der Waals surface area (Å²) in [7, 11) is 0. The molecule has 27 heavy (non-hydrogen) atoms. The van der Waals surface area contributed by atoms with Crippen molar-refractivity contribution in [2.24, 2.45) is 0 Å². The first-order chi connectivity index (χ1) is 12.6. The normalized spacial score (nSPS) is 21.7. The van der Waals surface area contributed by atoms with Crippen LogP contribution in [0.15, 0.2) is 42.7 Å². The first-order valence-electron chi connectivity index (χ1n) is 8.64. The zero-order valence-corrected chi connectivity index (χ0v) is 15.3. The highest BCUT2D eigenvalue weighted by Crippen LogP contribution is 2.36. The highest BCUT2D eigenvalue weighted by Gasteiger charge is 2.37. The monoisotopic (exact) mass is 390 g/mol. The fourth-order valence-electron chi connectivity index (χ4n) is 3.70. The largest absolute Gasteiger partial charge is 0.332 e. The molecule has 0 bridgehead atoms. The van der Waals surface area contributed by atoms with E-state index in [1.165, 1.54) is 12.1 Å². The van der Waals surface area contributed by atoms with Crippen LogP contribution in [-0.4, -0.2) is 41.3 Å². The molecule has 3 heterocycles. The van der Waals surface area contributed by atoms with Gasteiger partial charge in [-0.1, -0.05) is 12.1 Å². The van der Waals surface area contributed by atoms with Crippen LogP contribution >= 0.6 is 12.4 Å². The molecule has 0 radical (unpaired) electrons. The van der Waals surface area contributed by atoms with Crippen LogP contribution in [0.4, 0.5) is 10.1 Å². The summed E-state index contributed by atoms with van der Waals surface area (Å²) >= 11 is 0. The molecule has 4 rings (SSSR count). The Hall–Kier alpha value is -2.51. The summed E-state index contributed by atoms with van der Waals surface area (Å²) in [6.07, 6.45) is 3.53. The summed E-state index contributed by atoms with van der Waals surface area (Å²) in [6, 6.07) is 7.84. The Bertz CT molecular complexity index is 849. The van der Waals surface area contributed by atoms with Gasteiger partial charge in [-0.15, -0.1) is 12.4 Å². The van der Waals surface area contributed by atoms with Gasteiger partial charge in [0.1, 0.15) is 5.82 Å². The van der Waals surface area contributed by atoms with E-state index in [1.807, 2.05) is 17.0 Å². The Balaban J connectivity index is 0.00000210. The molecular formula is C19H20ClFN4O2. The number of fused-ring (bicyclic) bond motifs is 1. The Labute approximate surface area is 162 Å². The van der Waals surface area contributed by atoms with Crippen molar-refractivity contribution in [3.8, 4) is 0 Å². The summed E-state index contributed by atoms with van der Waals surface area (Å²) < 4.78 is 13.5. The molecular weight excluding hydrogens is 371 g/mol. The minimum absolute atomic E-state index is 0. The van der Waals surface area contributed by atoms with Crippen LogP contribution in [0.3, 0.4) is 0 Å². The lowest BCUT2D eigenvalue weighted by Crippen LogP contribution is -2.50. The van der Waals surface area contributed by atoms with E-state index in [0.29, 0.717) is 30.9 Å². The van der Waals surface area contributed by atoms with Gasteiger partial charge >= 0.3 is 0 Å². The van der Waals surface area contributed by atoms with Crippen molar-refractivity contribution in [2.45, 2.75) is 18.4 Å². The first-order valence-corrected chi connectivity index (χ1v) is 8.64. The summed E-state index contributed by atoms with van der Waals surface area (Å²) in [5.74, 6) is -1.42. The van der Waals surface area contributed by atoms with Gasteiger partial charge in [-0.2, -0.15) is 0 Å². The van der Waals surface area contributed by atoms with Gasteiger partial charge < -0.3 is 15.5 Å². The summed E-state index contributed by atoms with van der Waals surface area (Å²) in [5.41, 5.74) is 2.00. The lowest BCUT2D eigenvalue weighted by Gasteiger charge is -2.39. The second-order valence-electron chi connectivity index (χ2n) is 6.57. The highest BCUT2D eigenvalue weighted by atomic mass is 35.5. The van der Waals surface area contributed by atoms with Crippen LogP contribution < -0.4 is 10.6 Å². The average molecular weight is 391 g/mol. The van der Waals surface area contributed by atoms with Crippen molar-refractivity contribution < 1.29 is 14.0 Å². The predicted octanol–water partition coefficient (Wildman–Crippen LogP) is 2.24. The van der Waals surface area contributed by atoms with E-state index in [9.17, 15) is 14.0 Å². The van der Waals surface area contributed by atoms with Crippen LogP contribution in [0.1, 0.15) is 29.5 Å². The number of aromatic nitrogens is 1. The minimum Gasteiger partial charge on any atom is -0.332 e. The fourth-order valence-corrected chi connectivity index (χ4v) is 3.70. The van der Waals surface area contributed by atoms with Gasteiger partial charge in [0.15, 0.2) is 0 Å². The Morgan fingerprint density at radius 2 is 2.15 bits per heavy atom. The number of carbonyl (C=O) groups is 2. The van der Waals surface area contributed by atoms with Gasteiger partial charge in [0.25, 0.3) is 0 Å². The topological polar surface area (TPSA) is 74.3 Å². The number of halogens is 2. The molecule has 1 aromatic carbocycles. The number of amides is 2. The number of nitrogens with zero attached hydrogens (tertiary/aromatic N) is 2. The van der Waals surface area contributed by atoms with Crippen molar-refractivity contribution in [2.75, 3.05) is 25.0 Å². The van der Waals surface area contributed by atoms with Crippen LogP contribution in [0.2, 0.25) is 0 Å². The van der Waals surface area contributed by atoms with Crippen molar-refractivity contribution in [3.63, 3.8) is 0 Å². The molecule has 0 saturated carbocycles. The lowest BCUT2D eigenvalue weighted by atomic mass is 9.88. The predicted molar refractivity (Wildman–Crippen MR) is 101 cm³/mol. The molecule has 1 saturated heterocycles. The quantitative estimate of drug-likeness (QED) is 0.824. The molecule has 2 unspecified atom stereocenters. The zero-order chi connectivity index (χ0) is 18.1. The molecule has 1 fully saturated rings. The SMILES string of the molecule is Cl.O=C1CC(C(=O)N2CCNCC2c2cccnc2)c2ccc(F)cc2N1. The van der Waals surface area contributed by atoms with Gasteiger partial charge in [-0.25, -0.2) is 4.39 Å². The number of nitrogens with one attached hydrogen (secondary N) is 2. The molecule has 0 aliphatic carbocycles. The van der Waals surface area contributed by atoms with E-state index in [0.717, 1.165) is 5.56 Å². The third kappa shape index (κ3) is 3.79. The summed E-state index contributed by atoms with van der Waals surface area (Å²) in [4.78, 5) is 31.4. The maximum atomic E-state index is 13.5. The van der Waals surface area contributed by atoms with E-state index in [4.69, 9.17) is 0 Å².